The van der Waals surface area contributed by atoms with Gasteiger partial charge in [-0.1, -0.05) is 13.0 Å². The van der Waals surface area contributed by atoms with Crippen LogP contribution in [0.1, 0.15) is 53.8 Å². The normalized spacial score (nSPS) is 13.7. The van der Waals surface area contributed by atoms with E-state index in [1.807, 2.05) is 0 Å². The summed E-state index contributed by atoms with van der Waals surface area (Å²) in [5.74, 6) is -3.79. The van der Waals surface area contributed by atoms with Crippen LogP contribution in [-0.2, 0) is 26.8 Å². The van der Waals surface area contributed by atoms with Crippen LogP contribution in [0.15, 0.2) is 39.3 Å². The highest BCUT2D eigenvalue weighted by Crippen LogP contribution is 2.40. The summed E-state index contributed by atoms with van der Waals surface area (Å²) in [6.07, 6.45) is -4.72. The lowest BCUT2D eigenvalue weighted by Crippen LogP contribution is -2.33. The number of nitrogens with one attached hydrogen (secondary N) is 2. The molecule has 0 fully saturated rings. The number of alkyl halides is 3. The number of anilines is 1. The molecule has 0 aliphatic rings. The number of hydrogen-bond donors (Lipinski definition) is 4. The molecule has 4 N–H and O–H groups in total. The molecule has 1 unspecified atom stereocenters. The van der Waals surface area contributed by atoms with Gasteiger partial charge < -0.3 is 39.8 Å². The van der Waals surface area contributed by atoms with Crippen LogP contribution >= 0.6 is 0 Å². The van der Waals surface area contributed by atoms with Gasteiger partial charge in [0.15, 0.2) is 16.0 Å². The van der Waals surface area contributed by atoms with Crippen molar-refractivity contribution in [1.29, 1.82) is 0 Å². The largest absolute Gasteiger partial charge is 0.507 e. The minimum Gasteiger partial charge on any atom is -0.507 e. The highest BCUT2D eigenvalue weighted by Gasteiger charge is 2.38. The molecule has 1 heterocycles. The van der Waals surface area contributed by atoms with Gasteiger partial charge in [0.1, 0.15) is 17.3 Å². The summed E-state index contributed by atoms with van der Waals surface area (Å²) in [6.45, 7) is 4.63. The Bertz CT molecular complexity index is 1310. The minimum atomic E-state index is -5.00. The number of benzene rings is 1. The van der Waals surface area contributed by atoms with E-state index < -0.39 is 74.2 Å². The molecular weight excluding hydrogens is 545 g/mol. The van der Waals surface area contributed by atoms with Gasteiger partial charge in [-0.15, -0.1) is 0 Å². The first kappa shape index (κ1) is 31.4. The van der Waals surface area contributed by atoms with E-state index in [1.165, 1.54) is 21.0 Å². The molecule has 214 valence electrons. The number of ether oxygens (including phenoxy) is 1. The molecule has 0 aliphatic carbocycles. The fraction of sp³-hybridized carbons (Fsp3) is 0.375. The van der Waals surface area contributed by atoms with E-state index in [-0.39, 0.29) is 13.0 Å². The zero-order valence-corrected chi connectivity index (χ0v) is 22.5. The minimum absolute atomic E-state index is 0.189. The second-order valence-corrected chi connectivity index (χ2v) is 9.19. The maximum absolute atomic E-state index is 13.6. The summed E-state index contributed by atoms with van der Waals surface area (Å²) >= 11 is -3.03. The Kier molecular flexibility index (Phi) is 10.3. The van der Waals surface area contributed by atoms with E-state index in [1.54, 1.807) is 26.0 Å². The number of rotatable bonds is 10. The fourth-order valence-corrected chi connectivity index (χ4v) is 3.98. The molecule has 11 nitrogen and oxygen atoms in total. The average Bonchev–Trinajstić information content (AvgIpc) is 3.27. The molecule has 2 atom stereocenters. The van der Waals surface area contributed by atoms with Crippen molar-refractivity contribution in [2.45, 2.75) is 39.4 Å². The van der Waals surface area contributed by atoms with E-state index in [4.69, 9.17) is 9.15 Å². The molecule has 0 bridgehead atoms. The summed E-state index contributed by atoms with van der Waals surface area (Å²) in [6, 6.07) is 3.73. The van der Waals surface area contributed by atoms with Crippen LogP contribution in [0.5, 0.6) is 5.75 Å². The molecule has 2 aromatic rings. The van der Waals surface area contributed by atoms with Crippen molar-refractivity contribution >= 4 is 34.5 Å². The maximum Gasteiger partial charge on any atom is 0.417 e. The molecule has 1 aromatic heterocycles. The number of aryl methyl sites for hydroxylation is 1. The van der Waals surface area contributed by atoms with Crippen molar-refractivity contribution in [2.75, 3.05) is 26.0 Å². The van der Waals surface area contributed by atoms with E-state index in [2.05, 4.69) is 10.6 Å². The summed E-state index contributed by atoms with van der Waals surface area (Å²) in [4.78, 5) is 25.0. The highest BCUT2D eigenvalue weighted by molar-refractivity contribution is 7.84. The third-order valence-electron chi connectivity index (χ3n) is 5.29. The molecule has 0 spiro atoms. The Hall–Kier alpha value is -3.85. The van der Waals surface area contributed by atoms with Crippen molar-refractivity contribution in [1.82, 2.24) is 10.2 Å². The molecule has 1 amide bonds. The van der Waals surface area contributed by atoms with Gasteiger partial charge in [-0.05, 0) is 50.0 Å². The monoisotopic (exact) mass is 573 g/mol. The van der Waals surface area contributed by atoms with E-state index >= 15 is 0 Å². The lowest BCUT2D eigenvalue weighted by atomic mass is 10.0. The van der Waals surface area contributed by atoms with Crippen LogP contribution in [-0.4, -0.2) is 57.2 Å². The quantitative estimate of drug-likeness (QED) is 0.0817. The second-order valence-electron chi connectivity index (χ2n) is 8.28. The average molecular weight is 574 g/mol. The van der Waals surface area contributed by atoms with Crippen LogP contribution in [0.2, 0.25) is 0 Å². The number of carbonyl (C=O) groups is 2. The standard InChI is InChI=1S/C24H28F3N4O7S/c1-6-14(16-11-8-12(3)38-16)29-18(20(39(35)36)23(34)37-7-2)21(28)30-15-10-9-13(24(25,26)27)17(19(15)32)22(33)31(4)5/h8-11,14H,6-7H2,1-5H3,(H4-,28,29,30,32,33,34,35,36)/q-1/t14-/m1/s1. The number of amides is 1. The zero-order valence-electron chi connectivity index (χ0n) is 21.7. The van der Waals surface area contributed by atoms with Crippen LogP contribution in [0.4, 0.5) is 18.9 Å². The summed E-state index contributed by atoms with van der Waals surface area (Å²) in [5, 5.41) is 26.6. The van der Waals surface area contributed by atoms with Crippen molar-refractivity contribution < 1.29 is 45.8 Å². The molecular formula is C24H28F3N4O7S-. The van der Waals surface area contributed by atoms with Gasteiger partial charge in [-0.3, -0.25) is 4.79 Å². The third kappa shape index (κ3) is 7.38. The first-order valence-electron chi connectivity index (χ1n) is 11.5. The summed E-state index contributed by atoms with van der Waals surface area (Å²) in [5.41, 5.74) is -3.76. The first-order valence-corrected chi connectivity index (χ1v) is 12.6. The molecule has 39 heavy (non-hydrogen) atoms. The second kappa shape index (κ2) is 12.8. The summed E-state index contributed by atoms with van der Waals surface area (Å²) in [7, 11) is 2.36. The van der Waals surface area contributed by atoms with E-state index in [0.717, 1.165) is 11.0 Å². The van der Waals surface area contributed by atoms with Gasteiger partial charge in [0.2, 0.25) is 0 Å². The van der Waals surface area contributed by atoms with Gasteiger partial charge >= 0.3 is 12.1 Å². The van der Waals surface area contributed by atoms with Gasteiger partial charge in [0.05, 0.1) is 29.5 Å². The number of phenolic OH excluding ortho intramolecular Hbond substituents is 1. The van der Waals surface area contributed by atoms with Crippen molar-refractivity contribution in [3.8, 4) is 5.75 Å². The van der Waals surface area contributed by atoms with E-state index in [0.29, 0.717) is 17.6 Å². The number of furan rings is 1. The predicted molar refractivity (Wildman–Crippen MR) is 137 cm³/mol. The fourth-order valence-electron chi connectivity index (χ4n) is 3.45. The smallest absolute Gasteiger partial charge is 0.417 e. The van der Waals surface area contributed by atoms with Crippen LogP contribution < -0.4 is 10.6 Å². The SMILES string of the molecule is CCOC(=O)/C(=C(\N[C@H](CC)c1ccc(C)o1)C(=[N-])Nc1ccc(C(F)(F)F)c(C(=O)N(C)C)c1O)S(=O)O. The Morgan fingerprint density at radius 1 is 1.21 bits per heavy atom. The first-order chi connectivity index (χ1) is 18.1. The number of nitrogens with zero attached hydrogens (tertiary/aromatic N) is 2. The molecule has 2 rings (SSSR count). The molecule has 0 saturated carbocycles. The number of carbonyl (C=O) groups excluding carboxylic acids is 2. The van der Waals surface area contributed by atoms with Gasteiger partial charge in [0, 0.05) is 14.1 Å². The molecule has 1 aromatic carbocycles. The topological polar surface area (TPSA) is 164 Å². The Morgan fingerprint density at radius 3 is 2.31 bits per heavy atom. The Morgan fingerprint density at radius 2 is 1.85 bits per heavy atom. The molecule has 0 radical (unpaired) electrons. The third-order valence-corrected chi connectivity index (χ3v) is 6.01. The Labute approximate surface area is 224 Å². The van der Waals surface area contributed by atoms with Gasteiger partial charge in [-0.2, -0.15) is 13.2 Å². The molecule has 0 aliphatic heterocycles. The van der Waals surface area contributed by atoms with Crippen molar-refractivity contribution in [3.63, 3.8) is 0 Å². The van der Waals surface area contributed by atoms with Gasteiger partial charge in [0.25, 0.3) is 5.91 Å². The van der Waals surface area contributed by atoms with Gasteiger partial charge in [-0.25, -0.2) is 9.00 Å². The number of halogens is 3. The number of hydrogen-bond acceptors (Lipinski definition) is 7. The van der Waals surface area contributed by atoms with Crippen LogP contribution in [0.25, 0.3) is 5.41 Å². The van der Waals surface area contributed by atoms with Crippen molar-refractivity contribution in [2.24, 2.45) is 0 Å². The molecule has 15 heteroatoms. The summed E-state index contributed by atoms with van der Waals surface area (Å²) < 4.78 is 73.2. The number of aromatic hydroxyl groups is 1. The van der Waals surface area contributed by atoms with Crippen LogP contribution in [0, 0.1) is 6.92 Å². The Balaban J connectivity index is 2.68. The number of amidine groups is 1. The lowest BCUT2D eigenvalue weighted by molar-refractivity contribution is -0.138. The zero-order chi connectivity index (χ0) is 29.7. The predicted octanol–water partition coefficient (Wildman–Crippen LogP) is 4.13. The lowest BCUT2D eigenvalue weighted by Gasteiger charge is -2.28. The highest BCUT2D eigenvalue weighted by atomic mass is 32.2. The van der Waals surface area contributed by atoms with Crippen LogP contribution in [0.3, 0.4) is 0 Å². The maximum atomic E-state index is 13.6. The van der Waals surface area contributed by atoms with Crippen molar-refractivity contribution in [3.05, 3.63) is 62.9 Å². The number of esters is 1. The molecule has 0 saturated heterocycles. The number of phenols is 1. The van der Waals surface area contributed by atoms with E-state index in [9.17, 15) is 42.0 Å².